The summed E-state index contributed by atoms with van der Waals surface area (Å²) in [6, 6.07) is 13.4. The maximum Gasteiger partial charge on any atom is 0.247 e. The second kappa shape index (κ2) is 9.45. The van der Waals surface area contributed by atoms with Gasteiger partial charge in [0.15, 0.2) is 0 Å². The molecule has 6 aliphatic heterocycles. The van der Waals surface area contributed by atoms with E-state index in [1.807, 2.05) is 74.5 Å². The summed E-state index contributed by atoms with van der Waals surface area (Å²) >= 11 is 0. The molecule has 0 saturated carbocycles. The first-order valence-electron chi connectivity index (χ1n) is 15.6. The summed E-state index contributed by atoms with van der Waals surface area (Å²) in [5, 5.41) is 13.4. The first-order chi connectivity index (χ1) is 21.4. The van der Waals surface area contributed by atoms with Crippen LogP contribution >= 0.6 is 0 Å². The molecule has 0 aliphatic carbocycles. The molecule has 2 aromatic rings. The number of nitrogens with one attached hydrogen (secondary N) is 4. The molecule has 0 bridgehead atoms. The number of nitrogens with zero attached hydrogens (tertiary/aromatic N) is 2. The van der Waals surface area contributed by atoms with Crippen molar-refractivity contribution in [1.82, 2.24) is 20.4 Å². The number of hydrogen-bond donors (Lipinski definition) is 4. The lowest BCUT2D eigenvalue weighted by molar-refractivity contribution is -0.149. The average molecular weight is 593 g/mol. The molecule has 44 heavy (non-hydrogen) atoms. The van der Waals surface area contributed by atoms with Gasteiger partial charge >= 0.3 is 0 Å². The molecule has 10 heteroatoms. The Hall–Kier alpha value is -4.60. The molecule has 4 amide bonds. The van der Waals surface area contributed by atoms with Crippen LogP contribution in [0.15, 0.2) is 72.8 Å². The topological polar surface area (TPSA) is 123 Å². The van der Waals surface area contributed by atoms with Crippen molar-refractivity contribution >= 4 is 35.0 Å². The largest absolute Gasteiger partial charge is 0.364 e. The van der Waals surface area contributed by atoms with E-state index in [1.54, 1.807) is 9.80 Å². The van der Waals surface area contributed by atoms with Gasteiger partial charge in [0.2, 0.25) is 23.6 Å². The molecule has 4 saturated heterocycles. The zero-order chi connectivity index (χ0) is 30.4. The van der Waals surface area contributed by atoms with Gasteiger partial charge in [0, 0.05) is 11.4 Å². The summed E-state index contributed by atoms with van der Waals surface area (Å²) in [6.45, 7) is 3.79. The summed E-state index contributed by atoms with van der Waals surface area (Å²) in [7, 11) is 0. The minimum absolute atomic E-state index is 0.122. The normalized spacial score (nSPS) is 36.3. The van der Waals surface area contributed by atoms with Crippen molar-refractivity contribution in [3.05, 3.63) is 84.0 Å². The van der Waals surface area contributed by atoms with Gasteiger partial charge < -0.3 is 31.1 Å². The maximum atomic E-state index is 14.2. The highest BCUT2D eigenvalue weighted by atomic mass is 16.2. The summed E-state index contributed by atoms with van der Waals surface area (Å²) in [4.78, 5) is 59.6. The van der Waals surface area contributed by atoms with E-state index in [2.05, 4.69) is 33.4 Å². The Kier molecular flexibility index (Phi) is 5.79. The number of fused-ring (bicyclic) bond motifs is 11. The van der Waals surface area contributed by atoms with Crippen LogP contribution in [0.25, 0.3) is 0 Å². The maximum absolute atomic E-state index is 14.2. The quantitative estimate of drug-likeness (QED) is 0.396. The van der Waals surface area contributed by atoms with Gasteiger partial charge in [0.05, 0.1) is 10.8 Å². The zero-order valence-electron chi connectivity index (χ0n) is 24.7. The van der Waals surface area contributed by atoms with E-state index in [4.69, 9.17) is 0 Å². The minimum atomic E-state index is -0.822. The fraction of sp³-hybridized carbons (Fsp3) is 0.412. The molecule has 0 radical (unpaired) electrons. The van der Waals surface area contributed by atoms with Crippen LogP contribution in [0.4, 0.5) is 11.4 Å². The number of carbonyl (C=O) groups excluding carboxylic acids is 4. The van der Waals surface area contributed by atoms with E-state index in [9.17, 15) is 19.2 Å². The molecule has 4 N–H and O–H groups in total. The minimum Gasteiger partial charge on any atom is -0.364 e. The lowest BCUT2D eigenvalue weighted by Crippen LogP contribution is -2.66. The fourth-order valence-electron chi connectivity index (χ4n) is 9.27. The zero-order valence-corrected chi connectivity index (χ0v) is 24.7. The SMILES string of the molecule is C/C=C/C[C@@H]1NC(=O)[C@@H]2C[C@]3([C@]45C[C@H]6C(=O)N[C@@H](C/C=C/C)C(=O)N6[C@H]4Nc4ccccc45)c4ccccc4N[C@@H]3N2C1=O. The predicted octanol–water partition coefficient (Wildman–Crippen LogP) is 2.50. The van der Waals surface area contributed by atoms with Gasteiger partial charge in [-0.15, -0.1) is 0 Å². The predicted molar refractivity (Wildman–Crippen MR) is 164 cm³/mol. The number of allylic oxidation sites excluding steroid dienone is 2. The summed E-state index contributed by atoms with van der Waals surface area (Å²) < 4.78 is 0. The van der Waals surface area contributed by atoms with Gasteiger partial charge in [-0.25, -0.2) is 0 Å². The second-order valence-electron chi connectivity index (χ2n) is 12.8. The third-order valence-corrected chi connectivity index (χ3v) is 10.9. The van der Waals surface area contributed by atoms with Gasteiger partial charge in [0.1, 0.15) is 36.5 Å². The number of rotatable bonds is 5. The molecular formula is C34H36N6O4. The van der Waals surface area contributed by atoms with Crippen LogP contribution in [0.2, 0.25) is 0 Å². The Morgan fingerprint density at radius 3 is 1.48 bits per heavy atom. The van der Waals surface area contributed by atoms with E-state index in [-0.39, 0.29) is 23.6 Å². The number of piperazine rings is 2. The highest BCUT2D eigenvalue weighted by Gasteiger charge is 2.78. The highest BCUT2D eigenvalue weighted by molar-refractivity contribution is 6.01. The van der Waals surface area contributed by atoms with Crippen molar-refractivity contribution < 1.29 is 19.2 Å². The molecule has 6 aliphatic rings. The summed E-state index contributed by atoms with van der Waals surface area (Å²) in [5.74, 6) is -0.586. The third kappa shape index (κ3) is 3.20. The highest BCUT2D eigenvalue weighted by Crippen LogP contribution is 2.68. The Morgan fingerprint density at radius 1 is 0.659 bits per heavy atom. The van der Waals surface area contributed by atoms with Gasteiger partial charge in [0.25, 0.3) is 0 Å². The average Bonchev–Trinajstić information content (AvgIpc) is 3.74. The van der Waals surface area contributed by atoms with Crippen molar-refractivity contribution in [3.63, 3.8) is 0 Å². The number of anilines is 2. The van der Waals surface area contributed by atoms with Crippen LogP contribution in [0.3, 0.4) is 0 Å². The standard InChI is InChI=1S/C34H36N6O4/c1-3-5-13-23-29(43)39-25(27(41)35-23)17-33(19-11-7-9-15-21(19)37-31(33)39)34-18-26-28(42)36-24(14-6-4-2)30(44)40(26)32(34)38-22-16-10-8-12-20(22)34/h3-12,15-16,23-26,31-32,37-38H,13-14,17-18H2,1-2H3,(H,35,41)(H,36,42)/b5-3+,6-4+/t23-,24-,25-,26-,31+,32+,33-,34-/m0/s1. The van der Waals surface area contributed by atoms with Gasteiger partial charge in [-0.2, -0.15) is 0 Å². The number of amides is 4. The van der Waals surface area contributed by atoms with Gasteiger partial charge in [-0.05, 0) is 62.8 Å². The van der Waals surface area contributed by atoms with E-state index in [0.717, 1.165) is 22.5 Å². The van der Waals surface area contributed by atoms with Crippen LogP contribution in [0.5, 0.6) is 0 Å². The summed E-state index contributed by atoms with van der Waals surface area (Å²) in [6.07, 6.45) is 8.01. The molecule has 0 unspecified atom stereocenters. The van der Waals surface area contributed by atoms with E-state index < -0.39 is 47.3 Å². The Balaban J connectivity index is 1.35. The van der Waals surface area contributed by atoms with Crippen molar-refractivity contribution in [2.75, 3.05) is 10.6 Å². The van der Waals surface area contributed by atoms with Crippen LogP contribution in [0.1, 0.15) is 50.7 Å². The first kappa shape index (κ1) is 27.0. The molecule has 0 aromatic heterocycles. The summed E-state index contributed by atoms with van der Waals surface area (Å²) in [5.41, 5.74) is 2.18. The molecule has 226 valence electrons. The molecule has 2 aromatic carbocycles. The Morgan fingerprint density at radius 2 is 1.07 bits per heavy atom. The Bertz CT molecular complexity index is 1550. The van der Waals surface area contributed by atoms with Crippen LogP contribution in [0, 0.1) is 0 Å². The molecule has 6 heterocycles. The molecule has 4 fully saturated rings. The van der Waals surface area contributed by atoms with Crippen LogP contribution in [-0.2, 0) is 30.0 Å². The monoisotopic (exact) mass is 592 g/mol. The van der Waals surface area contributed by atoms with Crippen molar-refractivity contribution in [2.45, 2.75) is 86.9 Å². The number of para-hydroxylation sites is 2. The lowest BCUT2D eigenvalue weighted by atomic mass is 9.54. The number of carbonyl (C=O) groups is 4. The first-order valence-corrected chi connectivity index (χ1v) is 15.6. The molecule has 0 spiro atoms. The molecule has 8 atom stereocenters. The molecule has 8 rings (SSSR count). The third-order valence-electron chi connectivity index (χ3n) is 10.9. The molecular weight excluding hydrogens is 556 g/mol. The van der Waals surface area contributed by atoms with E-state index >= 15 is 0 Å². The number of hydrogen-bond acceptors (Lipinski definition) is 6. The van der Waals surface area contributed by atoms with E-state index in [1.165, 1.54) is 0 Å². The Labute approximate surface area is 255 Å². The van der Waals surface area contributed by atoms with E-state index in [0.29, 0.717) is 25.7 Å². The lowest BCUT2D eigenvalue weighted by Gasteiger charge is -2.48. The number of benzene rings is 2. The smallest absolute Gasteiger partial charge is 0.247 e. The van der Waals surface area contributed by atoms with Crippen molar-refractivity contribution in [2.24, 2.45) is 0 Å². The second-order valence-corrected chi connectivity index (χ2v) is 12.8. The van der Waals surface area contributed by atoms with Crippen LogP contribution in [-0.4, -0.2) is 69.9 Å². The van der Waals surface area contributed by atoms with Crippen molar-refractivity contribution in [1.29, 1.82) is 0 Å². The van der Waals surface area contributed by atoms with Gasteiger partial charge in [-0.1, -0.05) is 60.7 Å². The van der Waals surface area contributed by atoms with Crippen molar-refractivity contribution in [3.8, 4) is 0 Å². The van der Waals surface area contributed by atoms with Crippen LogP contribution < -0.4 is 21.3 Å². The fourth-order valence-corrected chi connectivity index (χ4v) is 9.27. The van der Waals surface area contributed by atoms with Gasteiger partial charge in [-0.3, -0.25) is 19.2 Å². The molecule has 10 nitrogen and oxygen atoms in total.